The van der Waals surface area contributed by atoms with Crippen molar-refractivity contribution in [1.29, 1.82) is 0 Å². The van der Waals surface area contributed by atoms with Crippen LogP contribution in [0.1, 0.15) is 43.4 Å². The quantitative estimate of drug-likeness (QED) is 0.497. The minimum Gasteiger partial charge on any atom is -0.369 e. The van der Waals surface area contributed by atoms with E-state index in [0.29, 0.717) is 17.4 Å². The van der Waals surface area contributed by atoms with Crippen molar-refractivity contribution in [3.63, 3.8) is 0 Å². The van der Waals surface area contributed by atoms with E-state index in [1.807, 2.05) is 36.4 Å². The maximum atomic E-state index is 14.0. The number of rotatable bonds is 4. The Morgan fingerprint density at radius 3 is 2.55 bits per heavy atom. The van der Waals surface area contributed by atoms with Gasteiger partial charge in [0.05, 0.1) is 5.69 Å². The van der Waals surface area contributed by atoms with E-state index in [0.717, 1.165) is 42.8 Å². The second-order valence-electron chi connectivity index (χ2n) is 7.43. The van der Waals surface area contributed by atoms with E-state index in [1.54, 1.807) is 12.1 Å². The molecular weight excluding hydrogens is 367 g/mol. The first-order valence-corrected chi connectivity index (χ1v) is 10.0. The van der Waals surface area contributed by atoms with Crippen LogP contribution in [-0.2, 0) is 0 Å². The van der Waals surface area contributed by atoms with Gasteiger partial charge in [0.2, 0.25) is 0 Å². The fourth-order valence-corrected chi connectivity index (χ4v) is 3.66. The van der Waals surface area contributed by atoms with Gasteiger partial charge in [-0.25, -0.2) is 4.39 Å². The average molecular weight is 392 g/mol. The number of aliphatic imine (C=N–C) groups is 1. The number of hydrogen-bond acceptors (Lipinski definition) is 3. The molecule has 0 bridgehead atoms. The van der Waals surface area contributed by atoms with Crippen LogP contribution in [-0.4, -0.2) is 29.1 Å². The van der Waals surface area contributed by atoms with Gasteiger partial charge in [0.1, 0.15) is 5.82 Å². The first-order chi connectivity index (χ1) is 14.1. The van der Waals surface area contributed by atoms with E-state index in [4.69, 9.17) is 10.3 Å². The summed E-state index contributed by atoms with van der Waals surface area (Å²) in [6.07, 6.45) is 3.51. The number of piperidine rings is 1. The molecule has 6 heteroatoms. The van der Waals surface area contributed by atoms with E-state index < -0.39 is 0 Å². The average Bonchev–Trinajstić information content (AvgIpc) is 3.23. The minimum atomic E-state index is -0.224. The van der Waals surface area contributed by atoms with Crippen LogP contribution in [0.2, 0.25) is 0 Å². The lowest BCUT2D eigenvalue weighted by Gasteiger charge is -2.27. The summed E-state index contributed by atoms with van der Waals surface area (Å²) in [5.74, 6) is 0.694. The molecule has 150 valence electrons. The summed E-state index contributed by atoms with van der Waals surface area (Å²) in [5, 5.41) is 4.17. The fraction of sp³-hybridized carbons (Fsp3) is 0.304. The minimum absolute atomic E-state index is 0.0218. The zero-order chi connectivity index (χ0) is 20.2. The van der Waals surface area contributed by atoms with Crippen molar-refractivity contribution in [2.75, 3.05) is 13.1 Å². The zero-order valence-corrected chi connectivity index (χ0v) is 16.5. The first-order valence-electron chi connectivity index (χ1n) is 10.0. The van der Waals surface area contributed by atoms with Crippen LogP contribution in [0.15, 0.2) is 64.1 Å². The standard InChI is InChI=1S/C23H25FN4O/c1-16(17-9-11-18(12-10-17)19-7-3-4-8-20(19)24)21-15-22(29-27-21)26-23(25)28-13-5-2-6-14-28/h3-4,7-12,15-16H,2,5-6,13-14H2,1H3,(H2,25,26). The number of guanidine groups is 1. The molecule has 0 radical (unpaired) electrons. The molecule has 1 unspecified atom stereocenters. The van der Waals surface area contributed by atoms with Gasteiger partial charge in [-0.1, -0.05) is 54.5 Å². The van der Waals surface area contributed by atoms with Crippen LogP contribution in [0, 0.1) is 5.82 Å². The summed E-state index contributed by atoms with van der Waals surface area (Å²) in [6, 6.07) is 16.4. The third-order valence-corrected chi connectivity index (χ3v) is 5.46. The Balaban J connectivity index is 1.49. The van der Waals surface area contributed by atoms with E-state index in [-0.39, 0.29) is 11.7 Å². The van der Waals surface area contributed by atoms with Gasteiger partial charge in [-0.2, -0.15) is 4.99 Å². The van der Waals surface area contributed by atoms with Gasteiger partial charge in [0.15, 0.2) is 5.96 Å². The Morgan fingerprint density at radius 1 is 1.10 bits per heavy atom. The molecule has 0 aliphatic carbocycles. The molecule has 29 heavy (non-hydrogen) atoms. The molecule has 2 aromatic carbocycles. The van der Waals surface area contributed by atoms with E-state index in [9.17, 15) is 4.39 Å². The van der Waals surface area contributed by atoms with Gasteiger partial charge in [-0.15, -0.1) is 0 Å². The highest BCUT2D eigenvalue weighted by Gasteiger charge is 2.16. The molecule has 3 aromatic rings. The number of hydrogen-bond donors (Lipinski definition) is 1. The van der Waals surface area contributed by atoms with Gasteiger partial charge in [-0.3, -0.25) is 0 Å². The van der Waals surface area contributed by atoms with Crippen molar-refractivity contribution < 1.29 is 8.91 Å². The zero-order valence-electron chi connectivity index (χ0n) is 16.5. The largest absolute Gasteiger partial charge is 0.369 e. The van der Waals surface area contributed by atoms with Crippen LogP contribution in [0.25, 0.3) is 11.1 Å². The number of aromatic nitrogens is 1. The van der Waals surface area contributed by atoms with Gasteiger partial charge < -0.3 is 15.2 Å². The summed E-state index contributed by atoms with van der Waals surface area (Å²) < 4.78 is 19.4. The molecule has 2 heterocycles. The SMILES string of the molecule is CC(c1ccc(-c2ccccc2F)cc1)c1cc(N=C(N)N2CCCCC2)on1. The molecule has 0 spiro atoms. The first kappa shape index (κ1) is 19.2. The number of likely N-dealkylation sites (tertiary alicyclic amines) is 1. The van der Waals surface area contributed by atoms with Gasteiger partial charge in [0, 0.05) is 30.6 Å². The van der Waals surface area contributed by atoms with E-state index in [1.165, 1.54) is 12.5 Å². The molecule has 0 saturated carbocycles. The number of benzene rings is 2. The van der Waals surface area contributed by atoms with Crippen molar-refractivity contribution in [2.45, 2.75) is 32.1 Å². The van der Waals surface area contributed by atoms with Crippen LogP contribution >= 0.6 is 0 Å². The normalized spacial score (nSPS) is 16.1. The molecular formula is C23H25FN4O. The van der Waals surface area contributed by atoms with Gasteiger partial charge >= 0.3 is 0 Å². The highest BCUT2D eigenvalue weighted by atomic mass is 19.1. The van der Waals surface area contributed by atoms with E-state index in [2.05, 4.69) is 22.0 Å². The van der Waals surface area contributed by atoms with Crippen LogP contribution in [0.4, 0.5) is 10.3 Å². The molecule has 0 amide bonds. The Bertz CT molecular complexity index is 990. The lowest BCUT2D eigenvalue weighted by atomic mass is 9.95. The highest BCUT2D eigenvalue weighted by molar-refractivity contribution is 5.80. The van der Waals surface area contributed by atoms with Gasteiger partial charge in [0.25, 0.3) is 5.88 Å². The molecule has 4 rings (SSSR count). The molecule has 1 aliphatic rings. The van der Waals surface area contributed by atoms with Crippen molar-refractivity contribution >= 4 is 11.8 Å². The Kier molecular flexibility index (Phi) is 5.60. The summed E-state index contributed by atoms with van der Waals surface area (Å²) in [7, 11) is 0. The molecule has 1 aliphatic heterocycles. The highest BCUT2D eigenvalue weighted by Crippen LogP contribution is 2.29. The number of nitrogens with two attached hydrogens (primary N) is 1. The Morgan fingerprint density at radius 2 is 1.83 bits per heavy atom. The fourth-order valence-electron chi connectivity index (χ4n) is 3.66. The maximum absolute atomic E-state index is 14.0. The van der Waals surface area contributed by atoms with Crippen molar-refractivity contribution in [3.05, 3.63) is 71.7 Å². The number of nitrogens with zero attached hydrogens (tertiary/aromatic N) is 3. The molecule has 1 fully saturated rings. The smallest absolute Gasteiger partial charge is 0.253 e. The second-order valence-corrected chi connectivity index (χ2v) is 7.43. The van der Waals surface area contributed by atoms with Crippen molar-refractivity contribution in [2.24, 2.45) is 10.7 Å². The molecule has 2 N–H and O–H groups in total. The Hall–Kier alpha value is -3.15. The third kappa shape index (κ3) is 4.31. The predicted molar refractivity (Wildman–Crippen MR) is 113 cm³/mol. The topological polar surface area (TPSA) is 67.7 Å². The molecule has 1 atom stereocenters. The summed E-state index contributed by atoms with van der Waals surface area (Å²) in [4.78, 5) is 6.47. The summed E-state index contributed by atoms with van der Waals surface area (Å²) >= 11 is 0. The van der Waals surface area contributed by atoms with Crippen LogP contribution in [0.5, 0.6) is 0 Å². The summed E-state index contributed by atoms with van der Waals surface area (Å²) in [6.45, 7) is 3.92. The lowest BCUT2D eigenvalue weighted by molar-refractivity contribution is 0.337. The van der Waals surface area contributed by atoms with E-state index >= 15 is 0 Å². The lowest BCUT2D eigenvalue weighted by Crippen LogP contribution is -2.40. The van der Waals surface area contributed by atoms with Crippen LogP contribution in [0.3, 0.4) is 0 Å². The van der Waals surface area contributed by atoms with Crippen molar-refractivity contribution in [3.8, 4) is 11.1 Å². The maximum Gasteiger partial charge on any atom is 0.253 e. The van der Waals surface area contributed by atoms with Crippen LogP contribution < -0.4 is 5.73 Å². The predicted octanol–water partition coefficient (Wildman–Crippen LogP) is 5.06. The van der Waals surface area contributed by atoms with Crippen molar-refractivity contribution in [1.82, 2.24) is 10.1 Å². The summed E-state index contributed by atoms with van der Waals surface area (Å²) in [5.41, 5.74) is 9.41. The molecule has 1 saturated heterocycles. The molecule has 5 nitrogen and oxygen atoms in total. The van der Waals surface area contributed by atoms with Gasteiger partial charge in [-0.05, 0) is 36.5 Å². The Labute approximate surface area is 170 Å². The number of halogens is 1. The third-order valence-electron chi connectivity index (χ3n) is 5.46. The second kappa shape index (κ2) is 8.47. The monoisotopic (exact) mass is 392 g/mol. The molecule has 1 aromatic heterocycles.